The van der Waals surface area contributed by atoms with Crippen LogP contribution in [-0.2, 0) is 9.59 Å². The van der Waals surface area contributed by atoms with Gasteiger partial charge in [0.25, 0.3) is 5.89 Å². The SMILES string of the molecule is CCC(=O)CCCCC[C@H](NC(=O)C12CCN(CC1)CC2)c1nnc(-c2cc(OC)c3ccccc3n2)o1. The Morgan fingerprint density at radius 2 is 1.87 bits per heavy atom. The van der Waals surface area contributed by atoms with Crippen molar-refractivity contribution in [2.75, 3.05) is 26.7 Å². The third-order valence-electron chi connectivity index (χ3n) is 8.21. The summed E-state index contributed by atoms with van der Waals surface area (Å²) < 4.78 is 11.7. The Bertz CT molecular complexity index is 1270. The van der Waals surface area contributed by atoms with Crippen LogP contribution in [0.25, 0.3) is 22.5 Å². The number of pyridine rings is 1. The standard InChI is InChI=1S/C29H37N5O4/c1-3-20(35)9-5-4-6-12-23(31-28(36)29-13-16-34(17-14-29)18-15-29)26-32-33-27(38-26)24-19-25(37-2)21-10-7-8-11-22(21)30-24/h7-8,10-11,19,23H,3-6,9,12-18H2,1-2H3,(H,31,36)/t23-/m0/s1. The molecule has 1 aromatic carbocycles. The second-order valence-electron chi connectivity index (χ2n) is 10.6. The molecule has 2 bridgehead atoms. The van der Waals surface area contributed by atoms with Gasteiger partial charge >= 0.3 is 0 Å². The second-order valence-corrected chi connectivity index (χ2v) is 10.6. The van der Waals surface area contributed by atoms with Crippen LogP contribution in [0.4, 0.5) is 0 Å². The molecule has 5 heterocycles. The minimum atomic E-state index is -0.387. The first kappa shape index (κ1) is 26.3. The number of aromatic nitrogens is 3. The molecule has 0 unspecified atom stereocenters. The van der Waals surface area contributed by atoms with Gasteiger partial charge in [-0.15, -0.1) is 10.2 Å². The summed E-state index contributed by atoms with van der Waals surface area (Å²) in [6, 6.07) is 9.15. The van der Waals surface area contributed by atoms with E-state index in [1.54, 1.807) is 13.2 Å². The molecule has 0 saturated carbocycles. The minimum Gasteiger partial charge on any atom is -0.496 e. The molecule has 9 nitrogen and oxygen atoms in total. The van der Waals surface area contributed by atoms with E-state index in [9.17, 15) is 9.59 Å². The third kappa shape index (κ3) is 5.57. The van der Waals surface area contributed by atoms with Gasteiger partial charge in [0.05, 0.1) is 18.0 Å². The molecule has 0 aliphatic carbocycles. The number of ketones is 1. The predicted molar refractivity (Wildman–Crippen MR) is 144 cm³/mol. The molecule has 1 N–H and O–H groups in total. The highest BCUT2D eigenvalue weighted by Gasteiger charge is 2.45. The van der Waals surface area contributed by atoms with Crippen molar-refractivity contribution >= 4 is 22.6 Å². The number of hydrogen-bond acceptors (Lipinski definition) is 8. The summed E-state index contributed by atoms with van der Waals surface area (Å²) in [5.74, 6) is 1.74. The lowest BCUT2D eigenvalue weighted by molar-refractivity contribution is -0.139. The average molecular weight is 520 g/mol. The van der Waals surface area contributed by atoms with Crippen LogP contribution < -0.4 is 10.1 Å². The second kappa shape index (κ2) is 11.6. The van der Waals surface area contributed by atoms with Gasteiger partial charge in [-0.1, -0.05) is 31.9 Å². The van der Waals surface area contributed by atoms with Crippen molar-refractivity contribution in [2.24, 2.45) is 5.41 Å². The van der Waals surface area contributed by atoms with Crippen molar-refractivity contribution in [3.63, 3.8) is 0 Å². The van der Waals surface area contributed by atoms with Crippen molar-refractivity contribution in [3.05, 3.63) is 36.2 Å². The topological polar surface area (TPSA) is 110 Å². The van der Waals surface area contributed by atoms with Crippen molar-refractivity contribution < 1.29 is 18.7 Å². The number of Topliss-reactive ketones (excluding diaryl/α,β-unsaturated/α-hetero) is 1. The number of unbranched alkanes of at least 4 members (excludes halogenated alkanes) is 2. The Kier molecular flexibility index (Phi) is 8.02. The van der Waals surface area contributed by atoms with Gasteiger partial charge in [-0.25, -0.2) is 4.98 Å². The Morgan fingerprint density at radius 1 is 1.11 bits per heavy atom. The number of amides is 1. The molecule has 0 spiro atoms. The number of rotatable bonds is 12. The third-order valence-corrected chi connectivity index (χ3v) is 8.21. The Labute approximate surface area is 223 Å². The Morgan fingerprint density at radius 3 is 2.61 bits per heavy atom. The first-order valence-corrected chi connectivity index (χ1v) is 13.8. The van der Waals surface area contributed by atoms with Crippen LogP contribution in [0.5, 0.6) is 5.75 Å². The lowest BCUT2D eigenvalue weighted by atomic mass is 9.71. The van der Waals surface area contributed by atoms with Gasteiger partial charge < -0.3 is 19.4 Å². The number of hydrogen-bond donors (Lipinski definition) is 1. The molecule has 1 atom stereocenters. The van der Waals surface area contributed by atoms with Crippen molar-refractivity contribution in [1.82, 2.24) is 25.4 Å². The summed E-state index contributed by atoms with van der Waals surface area (Å²) in [7, 11) is 1.62. The summed E-state index contributed by atoms with van der Waals surface area (Å²) in [5, 5.41) is 12.8. The number of carbonyl (C=O) groups is 2. The number of methoxy groups -OCH3 is 1. The van der Waals surface area contributed by atoms with E-state index in [1.165, 1.54) is 0 Å². The zero-order chi connectivity index (χ0) is 26.5. The molecule has 3 aliphatic rings. The number of nitrogens with one attached hydrogen (secondary N) is 1. The van der Waals surface area contributed by atoms with Crippen LogP contribution in [0.15, 0.2) is 34.7 Å². The number of ether oxygens (including phenoxy) is 1. The molecule has 6 rings (SSSR count). The molecule has 0 radical (unpaired) electrons. The molecule has 1 amide bonds. The average Bonchev–Trinajstić information content (AvgIpc) is 3.47. The highest BCUT2D eigenvalue weighted by Crippen LogP contribution is 2.41. The van der Waals surface area contributed by atoms with Crippen LogP contribution in [0.1, 0.15) is 76.6 Å². The Balaban J connectivity index is 1.35. The zero-order valence-electron chi connectivity index (χ0n) is 22.4. The maximum Gasteiger partial charge on any atom is 0.266 e. The fourth-order valence-corrected chi connectivity index (χ4v) is 5.66. The maximum atomic E-state index is 13.6. The van der Waals surface area contributed by atoms with Crippen LogP contribution in [0.3, 0.4) is 0 Å². The number of para-hydroxylation sites is 1. The molecule has 2 aromatic heterocycles. The van der Waals surface area contributed by atoms with E-state index in [-0.39, 0.29) is 23.1 Å². The van der Waals surface area contributed by atoms with E-state index >= 15 is 0 Å². The van der Waals surface area contributed by atoms with Gasteiger partial charge in [-0.05, 0) is 63.9 Å². The molecule has 38 heavy (non-hydrogen) atoms. The van der Waals surface area contributed by atoms with Gasteiger partial charge in [0, 0.05) is 24.3 Å². The molecule has 202 valence electrons. The number of fused-ring (bicyclic) bond motifs is 4. The molecular formula is C29H37N5O4. The molecule has 3 aliphatic heterocycles. The molecule has 3 fully saturated rings. The Hall–Kier alpha value is -3.33. The first-order valence-electron chi connectivity index (χ1n) is 13.8. The maximum absolute atomic E-state index is 13.6. The summed E-state index contributed by atoms with van der Waals surface area (Å²) >= 11 is 0. The highest BCUT2D eigenvalue weighted by atomic mass is 16.5. The summed E-state index contributed by atoms with van der Waals surface area (Å²) in [5.41, 5.74) is 0.993. The monoisotopic (exact) mass is 519 g/mol. The fourth-order valence-electron chi connectivity index (χ4n) is 5.66. The summed E-state index contributed by atoms with van der Waals surface area (Å²) in [4.78, 5) is 32.4. The van der Waals surface area contributed by atoms with E-state index in [2.05, 4.69) is 20.4 Å². The molecule has 3 saturated heterocycles. The zero-order valence-corrected chi connectivity index (χ0v) is 22.4. The lowest BCUT2D eigenvalue weighted by Crippen LogP contribution is -2.55. The number of carbonyl (C=O) groups excluding carboxylic acids is 2. The quantitative estimate of drug-likeness (QED) is 0.338. The van der Waals surface area contributed by atoms with Gasteiger partial charge in [-0.2, -0.15) is 0 Å². The van der Waals surface area contributed by atoms with Crippen LogP contribution in [-0.4, -0.2) is 58.5 Å². The van der Waals surface area contributed by atoms with Crippen LogP contribution >= 0.6 is 0 Å². The van der Waals surface area contributed by atoms with E-state index < -0.39 is 0 Å². The minimum absolute atomic E-state index is 0.0910. The number of piperidine rings is 3. The normalized spacial score (nSPS) is 21.4. The summed E-state index contributed by atoms with van der Waals surface area (Å²) in [6.45, 7) is 4.83. The van der Waals surface area contributed by atoms with Gasteiger partial charge in [0.15, 0.2) is 0 Å². The van der Waals surface area contributed by atoms with E-state index in [0.717, 1.165) is 69.1 Å². The van der Waals surface area contributed by atoms with Crippen LogP contribution in [0, 0.1) is 5.41 Å². The first-order chi connectivity index (χ1) is 18.5. The van der Waals surface area contributed by atoms with Crippen molar-refractivity contribution in [1.29, 1.82) is 0 Å². The number of nitrogens with zero attached hydrogens (tertiary/aromatic N) is 4. The highest BCUT2D eigenvalue weighted by molar-refractivity contribution is 5.87. The lowest BCUT2D eigenvalue weighted by Gasteiger charge is -2.47. The predicted octanol–water partition coefficient (Wildman–Crippen LogP) is 4.87. The van der Waals surface area contributed by atoms with Crippen molar-refractivity contribution in [3.8, 4) is 17.3 Å². The van der Waals surface area contributed by atoms with E-state index in [0.29, 0.717) is 42.5 Å². The van der Waals surface area contributed by atoms with Gasteiger partial charge in [0.2, 0.25) is 11.8 Å². The fraction of sp³-hybridized carbons (Fsp3) is 0.552. The van der Waals surface area contributed by atoms with E-state index in [1.807, 2.05) is 31.2 Å². The van der Waals surface area contributed by atoms with Crippen molar-refractivity contribution in [2.45, 2.75) is 70.8 Å². The molecule has 3 aromatic rings. The van der Waals surface area contributed by atoms with E-state index in [4.69, 9.17) is 14.1 Å². The van der Waals surface area contributed by atoms with Crippen LogP contribution in [0.2, 0.25) is 0 Å². The summed E-state index contributed by atoms with van der Waals surface area (Å²) in [6.07, 6.45) is 7.13. The molecular weight excluding hydrogens is 482 g/mol. The smallest absolute Gasteiger partial charge is 0.266 e. The largest absolute Gasteiger partial charge is 0.496 e. The van der Waals surface area contributed by atoms with Gasteiger partial charge in [-0.3, -0.25) is 9.59 Å². The number of benzene rings is 1. The molecule has 9 heteroatoms. The van der Waals surface area contributed by atoms with Gasteiger partial charge in [0.1, 0.15) is 23.3 Å².